The molecule has 0 unspecified atom stereocenters. The number of carbonyl (C=O) groups excluding carboxylic acids is 1. The number of carbonyl (C=O) groups is 1. The highest BCUT2D eigenvalue weighted by molar-refractivity contribution is 7.20. The number of hydrogen-bond donors (Lipinski definition) is 1. The van der Waals surface area contributed by atoms with E-state index in [1.807, 2.05) is 6.92 Å². The number of fused-ring (bicyclic) bond motifs is 1. The van der Waals surface area contributed by atoms with Gasteiger partial charge in [0, 0.05) is 18.3 Å². The van der Waals surface area contributed by atoms with E-state index >= 15 is 0 Å². The third-order valence-corrected chi connectivity index (χ3v) is 6.29. The van der Waals surface area contributed by atoms with E-state index in [2.05, 4.69) is 27.1 Å². The van der Waals surface area contributed by atoms with Crippen LogP contribution >= 0.6 is 11.3 Å². The lowest BCUT2D eigenvalue weighted by atomic mass is 10.0. The number of nitrogens with one attached hydrogen (secondary N) is 1. The number of halogens is 1. The average molecular weight is 384 g/mol. The first kappa shape index (κ1) is 17.9. The van der Waals surface area contributed by atoms with Gasteiger partial charge in [-0.05, 0) is 62.9 Å². The predicted octanol–water partition coefficient (Wildman–Crippen LogP) is 4.77. The van der Waals surface area contributed by atoms with Crippen LogP contribution in [0.3, 0.4) is 0 Å². The van der Waals surface area contributed by atoms with Crippen LogP contribution in [0.5, 0.6) is 0 Å². The Morgan fingerprint density at radius 1 is 1.26 bits per heavy atom. The van der Waals surface area contributed by atoms with E-state index in [4.69, 9.17) is 0 Å². The van der Waals surface area contributed by atoms with Crippen molar-refractivity contribution in [2.75, 3.05) is 16.8 Å². The lowest BCUT2D eigenvalue weighted by Crippen LogP contribution is -2.38. The summed E-state index contributed by atoms with van der Waals surface area (Å²) in [4.78, 5) is 25.5. The zero-order valence-corrected chi connectivity index (χ0v) is 16.1. The largest absolute Gasteiger partial charge is 0.353 e. The molecule has 4 rings (SSSR count). The quantitative estimate of drug-likeness (QED) is 0.707. The van der Waals surface area contributed by atoms with E-state index in [-0.39, 0.29) is 11.7 Å². The molecule has 0 spiro atoms. The summed E-state index contributed by atoms with van der Waals surface area (Å²) in [5, 5.41) is 3.80. The monoisotopic (exact) mass is 384 g/mol. The molecule has 1 saturated heterocycles. The summed E-state index contributed by atoms with van der Waals surface area (Å²) in [6.07, 6.45) is 5.11. The van der Waals surface area contributed by atoms with Gasteiger partial charge < -0.3 is 10.2 Å². The van der Waals surface area contributed by atoms with E-state index in [0.29, 0.717) is 16.6 Å². The Balaban J connectivity index is 1.70. The third kappa shape index (κ3) is 3.39. The van der Waals surface area contributed by atoms with Gasteiger partial charge in [-0.1, -0.05) is 0 Å². The standard InChI is InChI=1S/C20H21FN4OS/c1-12-5-3-4-10-25(12)18-16-13(2)17(27-20(16)23-11-22-18)19(26)24-15-8-6-14(21)7-9-15/h6-9,11-12H,3-5,10H2,1-2H3,(H,24,26)/t12-/m1/s1. The van der Waals surface area contributed by atoms with Gasteiger partial charge in [-0.15, -0.1) is 11.3 Å². The first-order chi connectivity index (χ1) is 13.0. The van der Waals surface area contributed by atoms with Crippen LogP contribution < -0.4 is 10.2 Å². The van der Waals surface area contributed by atoms with Crippen molar-refractivity contribution in [1.29, 1.82) is 0 Å². The van der Waals surface area contributed by atoms with Gasteiger partial charge in [0.25, 0.3) is 5.91 Å². The molecule has 1 aliphatic heterocycles. The molecule has 0 radical (unpaired) electrons. The van der Waals surface area contributed by atoms with Gasteiger partial charge in [0.15, 0.2) is 0 Å². The molecule has 1 atom stereocenters. The number of nitrogens with zero attached hydrogens (tertiary/aromatic N) is 3. The van der Waals surface area contributed by atoms with Gasteiger partial charge in [0.1, 0.15) is 22.8 Å². The van der Waals surface area contributed by atoms with Crippen molar-refractivity contribution in [3.63, 3.8) is 0 Å². The number of aryl methyl sites for hydroxylation is 1. The molecule has 2 aromatic heterocycles. The summed E-state index contributed by atoms with van der Waals surface area (Å²) >= 11 is 1.37. The highest BCUT2D eigenvalue weighted by atomic mass is 32.1. The number of aromatic nitrogens is 2. The maximum absolute atomic E-state index is 13.1. The normalized spacial score (nSPS) is 17.3. The maximum Gasteiger partial charge on any atom is 0.266 e. The van der Waals surface area contributed by atoms with Crippen molar-refractivity contribution in [3.05, 3.63) is 46.9 Å². The Bertz CT molecular complexity index is 986. The van der Waals surface area contributed by atoms with Crippen LogP contribution in [-0.2, 0) is 0 Å². The lowest BCUT2D eigenvalue weighted by molar-refractivity contribution is 0.103. The first-order valence-electron chi connectivity index (χ1n) is 9.12. The molecule has 0 saturated carbocycles. The van der Waals surface area contributed by atoms with Crippen molar-refractivity contribution in [1.82, 2.24) is 9.97 Å². The minimum absolute atomic E-state index is 0.209. The van der Waals surface area contributed by atoms with E-state index in [1.165, 1.54) is 29.9 Å². The van der Waals surface area contributed by atoms with Crippen LogP contribution in [0.15, 0.2) is 30.6 Å². The molecule has 1 N–H and O–H groups in total. The Hall–Kier alpha value is -2.54. The predicted molar refractivity (Wildman–Crippen MR) is 107 cm³/mol. The number of rotatable bonds is 3. The maximum atomic E-state index is 13.1. The number of piperidine rings is 1. The van der Waals surface area contributed by atoms with Crippen LogP contribution in [0.25, 0.3) is 10.2 Å². The summed E-state index contributed by atoms with van der Waals surface area (Å²) in [5.41, 5.74) is 1.46. The lowest BCUT2D eigenvalue weighted by Gasteiger charge is -2.34. The van der Waals surface area contributed by atoms with Crippen LogP contribution in [0.1, 0.15) is 41.4 Å². The first-order valence-corrected chi connectivity index (χ1v) is 9.94. The topological polar surface area (TPSA) is 58.1 Å². The molecule has 7 heteroatoms. The Morgan fingerprint density at radius 2 is 2.04 bits per heavy atom. The Labute approximate surface area is 161 Å². The summed E-state index contributed by atoms with van der Waals surface area (Å²) in [7, 11) is 0. The average Bonchev–Trinajstić information content (AvgIpc) is 3.01. The minimum Gasteiger partial charge on any atom is -0.353 e. The number of hydrogen-bond acceptors (Lipinski definition) is 5. The molecular weight excluding hydrogens is 363 g/mol. The van der Waals surface area contributed by atoms with Gasteiger partial charge in [-0.25, -0.2) is 14.4 Å². The molecule has 140 valence electrons. The SMILES string of the molecule is Cc1c(C(=O)Nc2ccc(F)cc2)sc2ncnc(N3CCCC[C@H]3C)c12. The highest BCUT2D eigenvalue weighted by Crippen LogP contribution is 2.37. The number of thiophene rings is 1. The van der Waals surface area contributed by atoms with Gasteiger partial charge in [0.2, 0.25) is 0 Å². The van der Waals surface area contributed by atoms with Gasteiger partial charge in [-0.3, -0.25) is 4.79 Å². The second-order valence-corrected chi connectivity index (χ2v) is 7.93. The van der Waals surface area contributed by atoms with E-state index in [1.54, 1.807) is 18.5 Å². The summed E-state index contributed by atoms with van der Waals surface area (Å²) in [5.74, 6) is 0.378. The molecule has 3 heterocycles. The van der Waals surface area contributed by atoms with Crippen molar-refractivity contribution in [3.8, 4) is 0 Å². The van der Waals surface area contributed by atoms with Crippen LogP contribution in [-0.4, -0.2) is 28.5 Å². The molecular formula is C20H21FN4OS. The number of amides is 1. The van der Waals surface area contributed by atoms with Gasteiger partial charge in [-0.2, -0.15) is 0 Å². The third-order valence-electron chi connectivity index (χ3n) is 5.09. The highest BCUT2D eigenvalue weighted by Gasteiger charge is 2.25. The zero-order chi connectivity index (χ0) is 19.0. The molecule has 0 aliphatic carbocycles. The van der Waals surface area contributed by atoms with Crippen LogP contribution in [0, 0.1) is 12.7 Å². The van der Waals surface area contributed by atoms with Gasteiger partial charge >= 0.3 is 0 Å². The molecule has 1 amide bonds. The molecule has 3 aromatic rings. The number of benzene rings is 1. The Morgan fingerprint density at radius 3 is 2.78 bits per heavy atom. The fourth-order valence-corrected chi connectivity index (χ4v) is 4.66. The van der Waals surface area contributed by atoms with E-state index in [9.17, 15) is 9.18 Å². The molecule has 1 aliphatic rings. The summed E-state index contributed by atoms with van der Waals surface area (Å²) in [6.45, 7) is 5.14. The van der Waals surface area contributed by atoms with E-state index < -0.39 is 0 Å². The summed E-state index contributed by atoms with van der Waals surface area (Å²) < 4.78 is 13.1. The summed E-state index contributed by atoms with van der Waals surface area (Å²) in [6, 6.07) is 6.18. The minimum atomic E-state index is -0.332. The van der Waals surface area contributed by atoms with Crippen LogP contribution in [0.2, 0.25) is 0 Å². The molecule has 5 nitrogen and oxygen atoms in total. The van der Waals surface area contributed by atoms with Crippen molar-refractivity contribution in [2.45, 2.75) is 39.2 Å². The molecule has 0 bridgehead atoms. The van der Waals surface area contributed by atoms with Crippen LogP contribution in [0.4, 0.5) is 15.9 Å². The smallest absolute Gasteiger partial charge is 0.266 e. The second kappa shape index (κ2) is 7.23. The van der Waals surface area contributed by atoms with E-state index in [0.717, 1.165) is 41.0 Å². The number of anilines is 2. The Kier molecular flexibility index (Phi) is 4.78. The fraction of sp³-hybridized carbons (Fsp3) is 0.350. The van der Waals surface area contributed by atoms with Gasteiger partial charge in [0.05, 0.1) is 10.3 Å². The van der Waals surface area contributed by atoms with Crippen molar-refractivity contribution < 1.29 is 9.18 Å². The fourth-order valence-electron chi connectivity index (χ4n) is 3.62. The second-order valence-electron chi connectivity index (χ2n) is 6.93. The molecule has 1 fully saturated rings. The van der Waals surface area contributed by atoms with Crippen molar-refractivity contribution in [2.24, 2.45) is 0 Å². The molecule has 1 aromatic carbocycles. The van der Waals surface area contributed by atoms with Crippen molar-refractivity contribution >= 4 is 39.0 Å². The molecule has 27 heavy (non-hydrogen) atoms. The zero-order valence-electron chi connectivity index (χ0n) is 15.3.